The summed E-state index contributed by atoms with van der Waals surface area (Å²) in [6.45, 7) is 3.43. The van der Waals surface area contributed by atoms with Crippen LogP contribution in [0.5, 0.6) is 0 Å². The van der Waals surface area contributed by atoms with Crippen LogP contribution in [0.2, 0.25) is 0 Å². The lowest BCUT2D eigenvalue weighted by molar-refractivity contribution is -0.302. The Morgan fingerprint density at radius 1 is 1.03 bits per heavy atom. The molecule has 1 saturated heterocycles. The van der Waals surface area contributed by atoms with Gasteiger partial charge in [-0.15, -0.1) is 0 Å². The normalized spacial score (nSPS) is 28.0. The quantitative estimate of drug-likeness (QED) is 0.146. The highest BCUT2D eigenvalue weighted by Crippen LogP contribution is 2.22. The van der Waals surface area contributed by atoms with Gasteiger partial charge in [0.15, 0.2) is 6.29 Å². The first-order chi connectivity index (χ1) is 15.3. The Kier molecular flexibility index (Phi) is 15.0. The van der Waals surface area contributed by atoms with Gasteiger partial charge in [-0.05, 0) is 19.3 Å². The molecule has 0 spiro atoms. The number of unbranched alkanes of at least 4 members (excludes halogenated alkanes) is 6. The van der Waals surface area contributed by atoms with E-state index < -0.39 is 49.5 Å². The van der Waals surface area contributed by atoms with Gasteiger partial charge in [0.05, 0.1) is 25.4 Å². The molecule has 9 heteroatoms. The summed E-state index contributed by atoms with van der Waals surface area (Å²) < 4.78 is 10.9. The molecule has 1 heterocycles. The summed E-state index contributed by atoms with van der Waals surface area (Å²) in [4.78, 5) is 12.3. The molecule has 188 valence electrons. The Labute approximate surface area is 191 Å². The third-order valence-electron chi connectivity index (χ3n) is 5.61. The third-order valence-corrected chi connectivity index (χ3v) is 5.61. The molecule has 7 atom stereocenters. The second-order valence-electron chi connectivity index (χ2n) is 8.43. The van der Waals surface area contributed by atoms with Crippen LogP contribution >= 0.6 is 0 Å². The first-order valence-electron chi connectivity index (χ1n) is 11.9. The monoisotopic (exact) mass is 461 g/mol. The molecule has 0 bridgehead atoms. The van der Waals surface area contributed by atoms with Crippen molar-refractivity contribution in [3.8, 4) is 0 Å². The minimum Gasteiger partial charge on any atom is -0.394 e. The van der Waals surface area contributed by atoms with Gasteiger partial charge in [0.2, 0.25) is 5.91 Å². The summed E-state index contributed by atoms with van der Waals surface area (Å²) >= 11 is 0. The number of carbonyl (C=O) groups is 1. The Morgan fingerprint density at radius 2 is 1.72 bits per heavy atom. The van der Waals surface area contributed by atoms with Crippen LogP contribution in [0.4, 0.5) is 0 Å². The van der Waals surface area contributed by atoms with Gasteiger partial charge in [-0.25, -0.2) is 0 Å². The smallest absolute Gasteiger partial charge is 0.220 e. The topological polar surface area (TPSA) is 149 Å². The van der Waals surface area contributed by atoms with E-state index in [9.17, 15) is 30.3 Å². The molecule has 0 saturated carbocycles. The zero-order valence-electron chi connectivity index (χ0n) is 19.4. The van der Waals surface area contributed by atoms with Crippen molar-refractivity contribution in [2.75, 3.05) is 13.2 Å². The van der Waals surface area contributed by atoms with Gasteiger partial charge in [0.1, 0.15) is 24.4 Å². The molecule has 1 aliphatic heterocycles. The Balaban J connectivity index is 2.70. The van der Waals surface area contributed by atoms with E-state index in [0.29, 0.717) is 6.42 Å². The van der Waals surface area contributed by atoms with E-state index in [0.717, 1.165) is 44.9 Å². The fourth-order valence-electron chi connectivity index (χ4n) is 3.50. The molecule has 7 unspecified atom stereocenters. The van der Waals surface area contributed by atoms with Crippen molar-refractivity contribution in [2.45, 2.75) is 114 Å². The second-order valence-corrected chi connectivity index (χ2v) is 8.43. The molecule has 1 rings (SSSR count). The number of nitrogens with one attached hydrogen (secondary N) is 1. The zero-order chi connectivity index (χ0) is 23.9. The number of allylic oxidation sites excluding steroid dienone is 1. The summed E-state index contributed by atoms with van der Waals surface area (Å²) in [5, 5.41) is 52.6. The largest absolute Gasteiger partial charge is 0.394 e. The van der Waals surface area contributed by atoms with E-state index in [1.54, 1.807) is 6.08 Å². The number of carbonyl (C=O) groups excluding carboxylic acids is 1. The molecule has 9 nitrogen and oxygen atoms in total. The van der Waals surface area contributed by atoms with Crippen LogP contribution in [0.3, 0.4) is 0 Å². The van der Waals surface area contributed by atoms with Crippen molar-refractivity contribution >= 4 is 5.91 Å². The number of ether oxygens (including phenoxy) is 2. The van der Waals surface area contributed by atoms with E-state index in [2.05, 4.69) is 12.2 Å². The SMILES string of the molecule is CCCCCC/C=C/C(O)C(COC1OC(CO)C(O)C(O)C1O)NC(=O)CCCCC. The van der Waals surface area contributed by atoms with Gasteiger partial charge in [0, 0.05) is 6.42 Å². The molecule has 0 radical (unpaired) electrons. The van der Waals surface area contributed by atoms with Gasteiger partial charge in [-0.2, -0.15) is 0 Å². The molecule has 1 amide bonds. The van der Waals surface area contributed by atoms with Gasteiger partial charge in [-0.1, -0.05) is 58.1 Å². The molecule has 0 aromatic rings. The first-order valence-corrected chi connectivity index (χ1v) is 11.9. The maximum Gasteiger partial charge on any atom is 0.220 e. The second kappa shape index (κ2) is 16.5. The van der Waals surface area contributed by atoms with E-state index in [1.165, 1.54) is 6.42 Å². The van der Waals surface area contributed by atoms with Crippen LogP contribution in [0.25, 0.3) is 0 Å². The number of hydrogen-bond acceptors (Lipinski definition) is 8. The predicted octanol–water partition coefficient (Wildman–Crippen LogP) is 0.755. The highest BCUT2D eigenvalue weighted by molar-refractivity contribution is 5.76. The summed E-state index contributed by atoms with van der Waals surface area (Å²) in [5.74, 6) is -0.212. The van der Waals surface area contributed by atoms with E-state index >= 15 is 0 Å². The van der Waals surface area contributed by atoms with Crippen LogP contribution in [-0.4, -0.2) is 87.5 Å². The lowest BCUT2D eigenvalue weighted by atomic mass is 9.99. The Hall–Kier alpha value is -1.07. The maximum atomic E-state index is 12.3. The molecule has 32 heavy (non-hydrogen) atoms. The first kappa shape index (κ1) is 29.0. The standard InChI is InChI=1S/C23H43NO8/c1-3-5-7-8-9-11-12-17(26)16(24-19(27)13-10-6-4-2)15-31-23-22(30)21(29)20(28)18(14-25)32-23/h11-12,16-18,20-23,25-26,28-30H,3-10,13-15H2,1-2H3,(H,24,27)/b12-11+. The van der Waals surface area contributed by atoms with Crippen LogP contribution < -0.4 is 5.32 Å². The number of aliphatic hydroxyl groups is 5. The Morgan fingerprint density at radius 3 is 2.38 bits per heavy atom. The fraction of sp³-hybridized carbons (Fsp3) is 0.870. The van der Waals surface area contributed by atoms with E-state index in [1.807, 2.05) is 13.0 Å². The molecular formula is C23H43NO8. The van der Waals surface area contributed by atoms with Gasteiger partial charge < -0.3 is 40.3 Å². The minimum absolute atomic E-state index is 0.191. The molecular weight excluding hydrogens is 418 g/mol. The number of amides is 1. The summed E-state index contributed by atoms with van der Waals surface area (Å²) in [6, 6.07) is -0.789. The lowest BCUT2D eigenvalue weighted by Crippen LogP contribution is -2.60. The van der Waals surface area contributed by atoms with Crippen LogP contribution in [-0.2, 0) is 14.3 Å². The molecule has 0 aromatic heterocycles. The number of hydrogen-bond donors (Lipinski definition) is 6. The van der Waals surface area contributed by atoms with Crippen LogP contribution in [0, 0.1) is 0 Å². The van der Waals surface area contributed by atoms with Gasteiger partial charge >= 0.3 is 0 Å². The zero-order valence-corrected chi connectivity index (χ0v) is 19.4. The summed E-state index contributed by atoms with van der Waals surface area (Å²) in [5.41, 5.74) is 0. The fourth-order valence-corrected chi connectivity index (χ4v) is 3.50. The third kappa shape index (κ3) is 10.2. The van der Waals surface area contributed by atoms with Crippen LogP contribution in [0.1, 0.15) is 71.6 Å². The Bertz CT molecular complexity index is 530. The highest BCUT2D eigenvalue weighted by atomic mass is 16.7. The van der Waals surface area contributed by atoms with Crippen molar-refractivity contribution in [2.24, 2.45) is 0 Å². The average Bonchev–Trinajstić information content (AvgIpc) is 2.78. The van der Waals surface area contributed by atoms with E-state index in [-0.39, 0.29) is 12.5 Å². The van der Waals surface area contributed by atoms with Crippen LogP contribution in [0.15, 0.2) is 12.2 Å². The summed E-state index contributed by atoms with van der Waals surface area (Å²) in [6.07, 6.45) is 3.76. The molecule has 6 N–H and O–H groups in total. The predicted molar refractivity (Wildman–Crippen MR) is 120 cm³/mol. The lowest BCUT2D eigenvalue weighted by Gasteiger charge is -2.40. The van der Waals surface area contributed by atoms with Crippen molar-refractivity contribution in [1.29, 1.82) is 0 Å². The minimum atomic E-state index is -1.55. The molecule has 1 fully saturated rings. The molecule has 0 aromatic carbocycles. The van der Waals surface area contributed by atoms with Crippen molar-refractivity contribution in [1.82, 2.24) is 5.32 Å². The number of rotatable bonds is 16. The van der Waals surface area contributed by atoms with E-state index in [4.69, 9.17) is 9.47 Å². The number of aliphatic hydroxyl groups excluding tert-OH is 5. The molecule has 1 aliphatic rings. The molecule has 0 aliphatic carbocycles. The van der Waals surface area contributed by atoms with Gasteiger partial charge in [0.25, 0.3) is 0 Å². The highest BCUT2D eigenvalue weighted by Gasteiger charge is 2.44. The van der Waals surface area contributed by atoms with Crippen molar-refractivity contribution < 1.29 is 39.8 Å². The maximum absolute atomic E-state index is 12.3. The van der Waals surface area contributed by atoms with Crippen molar-refractivity contribution in [3.63, 3.8) is 0 Å². The van der Waals surface area contributed by atoms with Gasteiger partial charge in [-0.3, -0.25) is 4.79 Å². The average molecular weight is 462 g/mol. The van der Waals surface area contributed by atoms with Crippen molar-refractivity contribution in [3.05, 3.63) is 12.2 Å². The summed E-state index contributed by atoms with van der Waals surface area (Å²) in [7, 11) is 0.